The van der Waals surface area contributed by atoms with E-state index >= 15 is 0 Å². The molecule has 1 amide bonds. The van der Waals surface area contributed by atoms with Crippen LogP contribution in [0.3, 0.4) is 0 Å². The molecule has 0 aliphatic heterocycles. The summed E-state index contributed by atoms with van der Waals surface area (Å²) in [6, 6.07) is 17.4. The van der Waals surface area contributed by atoms with Gasteiger partial charge in [-0.2, -0.15) is 4.68 Å². The van der Waals surface area contributed by atoms with Crippen molar-refractivity contribution in [2.45, 2.75) is 30.2 Å². The molecule has 1 aromatic heterocycles. The van der Waals surface area contributed by atoms with Crippen LogP contribution in [0.15, 0.2) is 59.8 Å². The molecule has 128 valence electrons. The van der Waals surface area contributed by atoms with Gasteiger partial charge in [-0.1, -0.05) is 68.1 Å². The molecule has 2 N–H and O–H groups in total. The summed E-state index contributed by atoms with van der Waals surface area (Å²) in [4.78, 5) is 11.9. The summed E-state index contributed by atoms with van der Waals surface area (Å²) in [6.07, 6.45) is 0. The van der Waals surface area contributed by atoms with Gasteiger partial charge in [-0.25, -0.2) is 0 Å². The first-order valence-corrected chi connectivity index (χ1v) is 8.84. The fourth-order valence-electron chi connectivity index (χ4n) is 2.44. The van der Waals surface area contributed by atoms with Gasteiger partial charge in [0, 0.05) is 0 Å². The number of nitrogens with two attached hydrogens (primary N) is 1. The van der Waals surface area contributed by atoms with Crippen LogP contribution in [0, 0.1) is 0 Å². The maximum absolute atomic E-state index is 11.9. The summed E-state index contributed by atoms with van der Waals surface area (Å²) < 4.78 is 1.62. The molecule has 2 aromatic carbocycles. The number of nitrogens with zero attached hydrogens (tertiary/aromatic N) is 4. The number of rotatable bonds is 6. The van der Waals surface area contributed by atoms with E-state index in [2.05, 4.69) is 41.5 Å². The zero-order valence-corrected chi connectivity index (χ0v) is 14.9. The Bertz CT molecular complexity index is 845. The molecule has 1 heterocycles. The summed E-state index contributed by atoms with van der Waals surface area (Å²) >= 11 is 1.24. The maximum atomic E-state index is 11.9. The van der Waals surface area contributed by atoms with Crippen molar-refractivity contribution >= 4 is 17.7 Å². The number of carbonyl (C=O) groups excluding carboxylic acids is 1. The molecule has 0 saturated heterocycles. The van der Waals surface area contributed by atoms with Crippen LogP contribution >= 0.6 is 11.8 Å². The number of benzene rings is 2. The van der Waals surface area contributed by atoms with Gasteiger partial charge in [0.05, 0.1) is 5.69 Å². The van der Waals surface area contributed by atoms with E-state index in [9.17, 15) is 4.79 Å². The molecule has 25 heavy (non-hydrogen) atoms. The maximum Gasteiger partial charge on any atom is 0.235 e. The molecule has 1 unspecified atom stereocenters. The first-order valence-electron chi connectivity index (χ1n) is 7.96. The molecule has 0 aliphatic rings. The van der Waals surface area contributed by atoms with Crippen molar-refractivity contribution in [1.82, 2.24) is 20.2 Å². The normalized spacial score (nSPS) is 12.3. The Kier molecular flexibility index (Phi) is 5.14. The van der Waals surface area contributed by atoms with Gasteiger partial charge >= 0.3 is 0 Å². The Morgan fingerprint density at radius 1 is 1.04 bits per heavy atom. The highest BCUT2D eigenvalue weighted by molar-refractivity contribution is 8.00. The van der Waals surface area contributed by atoms with Crippen LogP contribution in [0.2, 0.25) is 0 Å². The van der Waals surface area contributed by atoms with E-state index in [1.54, 1.807) is 4.68 Å². The lowest BCUT2D eigenvalue weighted by Gasteiger charge is -2.13. The number of primary amides is 1. The van der Waals surface area contributed by atoms with Gasteiger partial charge < -0.3 is 5.73 Å². The highest BCUT2D eigenvalue weighted by Crippen LogP contribution is 2.34. The number of hydrogen-bond acceptors (Lipinski definition) is 5. The SMILES string of the molecule is CC(C)c1ccc(-n2nnnc2SC(C(N)=O)c2ccccc2)cc1. The van der Waals surface area contributed by atoms with Crippen molar-refractivity contribution in [2.75, 3.05) is 0 Å². The van der Waals surface area contributed by atoms with Crippen LogP contribution < -0.4 is 5.73 Å². The van der Waals surface area contributed by atoms with Crippen LogP contribution in [0.5, 0.6) is 0 Å². The van der Waals surface area contributed by atoms with E-state index in [-0.39, 0.29) is 0 Å². The second-order valence-electron chi connectivity index (χ2n) is 5.93. The van der Waals surface area contributed by atoms with Crippen LogP contribution in [-0.2, 0) is 4.79 Å². The van der Waals surface area contributed by atoms with Crippen molar-refractivity contribution in [1.29, 1.82) is 0 Å². The Labute approximate surface area is 150 Å². The molecule has 3 rings (SSSR count). The molecular formula is C18H19N5OS. The first-order chi connectivity index (χ1) is 12.1. The fourth-order valence-corrected chi connectivity index (χ4v) is 3.38. The zero-order chi connectivity index (χ0) is 17.8. The Balaban J connectivity index is 1.89. The molecule has 1 atom stereocenters. The summed E-state index contributed by atoms with van der Waals surface area (Å²) in [5.74, 6) is 0.0231. The van der Waals surface area contributed by atoms with Crippen LogP contribution in [0.4, 0.5) is 0 Å². The summed E-state index contributed by atoms with van der Waals surface area (Å²) in [7, 11) is 0. The Morgan fingerprint density at radius 2 is 1.72 bits per heavy atom. The smallest absolute Gasteiger partial charge is 0.235 e. The minimum atomic E-state index is -0.555. The predicted octanol–water partition coefficient (Wildman–Crippen LogP) is 3.10. The summed E-state index contributed by atoms with van der Waals surface area (Å²) in [6.45, 7) is 4.29. The van der Waals surface area contributed by atoms with Crippen LogP contribution in [0.25, 0.3) is 5.69 Å². The zero-order valence-electron chi connectivity index (χ0n) is 14.0. The van der Waals surface area contributed by atoms with Gasteiger partial charge in [0.15, 0.2) is 0 Å². The molecule has 0 fully saturated rings. The minimum absolute atomic E-state index is 0.430. The standard InChI is InChI=1S/C18H19N5OS/c1-12(2)13-8-10-15(11-9-13)23-18(20-21-22-23)25-16(17(19)24)14-6-4-3-5-7-14/h3-12,16H,1-2H3,(H2,19,24). The van der Waals surface area contributed by atoms with Crippen LogP contribution in [-0.4, -0.2) is 26.1 Å². The lowest BCUT2D eigenvalue weighted by Crippen LogP contribution is -2.19. The van der Waals surface area contributed by atoms with Crippen molar-refractivity contribution < 1.29 is 4.79 Å². The number of thioether (sulfide) groups is 1. The largest absolute Gasteiger partial charge is 0.368 e. The van der Waals surface area contributed by atoms with Gasteiger partial charge in [0.2, 0.25) is 11.1 Å². The Hall–Kier alpha value is -2.67. The van der Waals surface area contributed by atoms with Gasteiger partial charge in [-0.05, 0) is 39.6 Å². The van der Waals surface area contributed by atoms with Gasteiger partial charge in [-0.3, -0.25) is 4.79 Å². The van der Waals surface area contributed by atoms with E-state index in [1.807, 2.05) is 42.5 Å². The van der Waals surface area contributed by atoms with Crippen LogP contribution in [0.1, 0.15) is 36.1 Å². The highest BCUT2D eigenvalue weighted by Gasteiger charge is 2.23. The van der Waals surface area contributed by atoms with Crippen molar-refractivity contribution in [3.8, 4) is 5.69 Å². The van der Waals surface area contributed by atoms with Gasteiger partial charge in [0.25, 0.3) is 0 Å². The number of amides is 1. The number of carbonyl (C=O) groups is 1. The molecule has 3 aromatic rings. The topological polar surface area (TPSA) is 86.7 Å². The average molecular weight is 353 g/mol. The Morgan fingerprint density at radius 3 is 2.32 bits per heavy atom. The third-order valence-electron chi connectivity index (χ3n) is 3.83. The lowest BCUT2D eigenvalue weighted by molar-refractivity contribution is -0.117. The molecule has 0 bridgehead atoms. The van der Waals surface area contributed by atoms with E-state index in [4.69, 9.17) is 5.73 Å². The van der Waals surface area contributed by atoms with Crippen molar-refractivity contribution in [2.24, 2.45) is 5.73 Å². The third kappa shape index (κ3) is 3.88. The van der Waals surface area contributed by atoms with E-state index in [1.165, 1.54) is 17.3 Å². The van der Waals surface area contributed by atoms with E-state index in [0.29, 0.717) is 11.1 Å². The molecule has 0 saturated carbocycles. The van der Waals surface area contributed by atoms with Gasteiger partial charge in [-0.15, -0.1) is 5.10 Å². The van der Waals surface area contributed by atoms with E-state index in [0.717, 1.165) is 11.3 Å². The third-order valence-corrected chi connectivity index (χ3v) is 5.03. The molecular weight excluding hydrogens is 334 g/mol. The monoisotopic (exact) mass is 353 g/mol. The average Bonchev–Trinajstić information content (AvgIpc) is 3.08. The van der Waals surface area contributed by atoms with E-state index < -0.39 is 11.2 Å². The molecule has 0 spiro atoms. The molecule has 7 heteroatoms. The molecule has 6 nitrogen and oxygen atoms in total. The number of aromatic nitrogens is 4. The summed E-state index contributed by atoms with van der Waals surface area (Å²) in [5, 5.41) is 11.8. The first kappa shape index (κ1) is 17.2. The van der Waals surface area contributed by atoms with Crippen molar-refractivity contribution in [3.63, 3.8) is 0 Å². The second-order valence-corrected chi connectivity index (χ2v) is 7.00. The predicted molar refractivity (Wildman–Crippen MR) is 97.5 cm³/mol. The molecule has 0 radical (unpaired) electrons. The summed E-state index contributed by atoms with van der Waals surface area (Å²) in [5.41, 5.74) is 8.50. The lowest BCUT2D eigenvalue weighted by atomic mass is 10.0. The molecule has 0 aliphatic carbocycles. The second kappa shape index (κ2) is 7.48. The number of tetrazole rings is 1. The highest BCUT2D eigenvalue weighted by atomic mass is 32.2. The van der Waals surface area contributed by atoms with Gasteiger partial charge in [0.1, 0.15) is 5.25 Å². The number of hydrogen-bond donors (Lipinski definition) is 1. The minimum Gasteiger partial charge on any atom is -0.368 e. The van der Waals surface area contributed by atoms with Crippen molar-refractivity contribution in [3.05, 3.63) is 65.7 Å². The quantitative estimate of drug-likeness (QED) is 0.688. The fraction of sp³-hybridized carbons (Fsp3) is 0.222.